The third-order valence-electron chi connectivity index (χ3n) is 3.75. The third-order valence-corrected chi connectivity index (χ3v) is 5.48. The van der Waals surface area contributed by atoms with Gasteiger partial charge in [0.1, 0.15) is 10.0 Å². The number of anilines is 1. The first-order valence-corrected chi connectivity index (χ1v) is 9.59. The van der Waals surface area contributed by atoms with Gasteiger partial charge in [0.2, 0.25) is 5.91 Å². The molecule has 0 atom stereocenters. The number of rotatable bonds is 6. The molecule has 2 aromatic rings. The Hall–Kier alpha value is -2.12. The van der Waals surface area contributed by atoms with E-state index >= 15 is 0 Å². The van der Waals surface area contributed by atoms with E-state index in [-0.39, 0.29) is 16.0 Å². The van der Waals surface area contributed by atoms with Gasteiger partial charge in [-0.15, -0.1) is 0 Å². The molecule has 0 aliphatic carbocycles. The van der Waals surface area contributed by atoms with Crippen LogP contribution in [0.25, 0.3) is 0 Å². The summed E-state index contributed by atoms with van der Waals surface area (Å²) in [6.07, 6.45) is 1.22. The number of benzene rings is 1. The Morgan fingerprint density at radius 1 is 1.32 bits per heavy atom. The molecule has 0 bridgehead atoms. The first-order chi connectivity index (χ1) is 11.7. The molecule has 1 heterocycles. The van der Waals surface area contributed by atoms with E-state index in [2.05, 4.69) is 9.71 Å². The number of hydrogen-bond donors (Lipinski definition) is 1. The molecule has 0 aliphatic heterocycles. The summed E-state index contributed by atoms with van der Waals surface area (Å²) in [4.78, 5) is 17.2. The third kappa shape index (κ3) is 4.70. The highest BCUT2D eigenvalue weighted by atomic mass is 35.5. The maximum Gasteiger partial charge on any atom is 0.263 e. The molecule has 0 radical (unpaired) electrons. The molecule has 134 valence electrons. The lowest BCUT2D eigenvalue weighted by molar-refractivity contribution is -0.129. The fourth-order valence-electron chi connectivity index (χ4n) is 2.29. The van der Waals surface area contributed by atoms with Gasteiger partial charge in [-0.05, 0) is 37.1 Å². The summed E-state index contributed by atoms with van der Waals surface area (Å²) >= 11 is 5.86. The number of hydrogen-bond acceptors (Lipinski definition) is 4. The molecule has 0 saturated heterocycles. The van der Waals surface area contributed by atoms with Crippen LogP contribution in [-0.2, 0) is 21.4 Å². The molecule has 25 heavy (non-hydrogen) atoms. The number of carbonyl (C=O) groups is 1. The zero-order valence-electron chi connectivity index (χ0n) is 14.3. The molecule has 1 aromatic carbocycles. The van der Waals surface area contributed by atoms with E-state index in [0.717, 1.165) is 0 Å². The molecule has 1 aromatic heterocycles. The molecule has 1 amide bonds. The second-order valence-electron chi connectivity index (χ2n) is 5.57. The van der Waals surface area contributed by atoms with E-state index in [1.54, 1.807) is 36.1 Å². The average molecular weight is 382 g/mol. The first kappa shape index (κ1) is 19.2. The Labute approximate surface area is 152 Å². The smallest absolute Gasteiger partial charge is 0.263 e. The number of nitrogens with zero attached hydrogens (tertiary/aromatic N) is 2. The van der Waals surface area contributed by atoms with E-state index in [0.29, 0.717) is 29.9 Å². The van der Waals surface area contributed by atoms with Crippen molar-refractivity contribution in [2.24, 2.45) is 0 Å². The zero-order valence-corrected chi connectivity index (χ0v) is 15.9. The van der Waals surface area contributed by atoms with Gasteiger partial charge in [0.05, 0.1) is 5.69 Å². The standard InChI is InChI=1S/C17H20ClN3O3S/c1-4-21(13(3)22)11-14-7-5-6-8-16(14)20-25(23,24)15-9-12(2)17(18)19-10-15/h5-10,20H,4,11H2,1-3H3. The fraction of sp³-hybridized carbons (Fsp3) is 0.294. The zero-order chi connectivity index (χ0) is 18.6. The average Bonchev–Trinajstić information content (AvgIpc) is 2.55. The summed E-state index contributed by atoms with van der Waals surface area (Å²) in [5.41, 5.74) is 1.71. The van der Waals surface area contributed by atoms with Crippen LogP contribution in [-0.4, -0.2) is 30.8 Å². The number of pyridine rings is 1. The lowest BCUT2D eigenvalue weighted by Gasteiger charge is -2.21. The Kier molecular flexibility index (Phi) is 6.02. The predicted molar refractivity (Wildman–Crippen MR) is 98.0 cm³/mol. The summed E-state index contributed by atoms with van der Waals surface area (Å²) in [6.45, 7) is 5.90. The minimum atomic E-state index is -3.81. The summed E-state index contributed by atoms with van der Waals surface area (Å²) in [5, 5.41) is 0.263. The number of aromatic nitrogens is 1. The van der Waals surface area contributed by atoms with Crippen molar-refractivity contribution >= 4 is 33.2 Å². The Morgan fingerprint density at radius 3 is 2.60 bits per heavy atom. The second kappa shape index (κ2) is 7.84. The minimum absolute atomic E-state index is 0.0307. The number of sulfonamides is 1. The molecule has 0 fully saturated rings. The highest BCUT2D eigenvalue weighted by molar-refractivity contribution is 7.92. The summed E-state index contributed by atoms with van der Waals surface area (Å²) < 4.78 is 27.8. The molecule has 6 nitrogen and oxygen atoms in total. The van der Waals surface area contributed by atoms with Gasteiger partial charge in [-0.2, -0.15) is 0 Å². The highest BCUT2D eigenvalue weighted by Crippen LogP contribution is 2.23. The van der Waals surface area contributed by atoms with Crippen LogP contribution in [0.4, 0.5) is 5.69 Å². The topological polar surface area (TPSA) is 79.4 Å². The van der Waals surface area contributed by atoms with Crippen LogP contribution in [0.5, 0.6) is 0 Å². The van der Waals surface area contributed by atoms with Crippen LogP contribution < -0.4 is 4.72 Å². The molecule has 1 N–H and O–H groups in total. The molecule has 0 saturated carbocycles. The van der Waals surface area contributed by atoms with Gasteiger partial charge >= 0.3 is 0 Å². The van der Waals surface area contributed by atoms with Gasteiger partial charge in [-0.25, -0.2) is 13.4 Å². The Balaban J connectivity index is 2.33. The molecule has 8 heteroatoms. The first-order valence-electron chi connectivity index (χ1n) is 7.73. The van der Waals surface area contributed by atoms with Crippen LogP contribution >= 0.6 is 11.6 Å². The van der Waals surface area contributed by atoms with Crippen molar-refractivity contribution in [1.29, 1.82) is 0 Å². The van der Waals surface area contributed by atoms with Crippen LogP contribution in [0, 0.1) is 6.92 Å². The van der Waals surface area contributed by atoms with E-state index in [1.807, 2.05) is 6.92 Å². The van der Waals surface area contributed by atoms with E-state index in [4.69, 9.17) is 11.6 Å². The molecule has 0 aliphatic rings. The van der Waals surface area contributed by atoms with Gasteiger partial charge < -0.3 is 4.90 Å². The predicted octanol–water partition coefficient (Wildman–Crippen LogP) is 3.21. The van der Waals surface area contributed by atoms with Gasteiger partial charge in [0.15, 0.2) is 0 Å². The van der Waals surface area contributed by atoms with Crippen LogP contribution in [0.3, 0.4) is 0 Å². The Bertz CT molecular complexity index is 884. The lowest BCUT2D eigenvalue weighted by atomic mass is 10.1. The molecular weight excluding hydrogens is 362 g/mol. The molecular formula is C17H20ClN3O3S. The minimum Gasteiger partial charge on any atom is -0.339 e. The maximum absolute atomic E-state index is 12.6. The lowest BCUT2D eigenvalue weighted by Crippen LogP contribution is -2.28. The number of para-hydroxylation sites is 1. The van der Waals surface area contributed by atoms with E-state index in [1.165, 1.54) is 19.2 Å². The normalized spacial score (nSPS) is 11.2. The SMILES string of the molecule is CCN(Cc1ccccc1NS(=O)(=O)c1cnc(Cl)c(C)c1)C(C)=O. The highest BCUT2D eigenvalue weighted by Gasteiger charge is 2.18. The number of carbonyl (C=O) groups excluding carboxylic acids is 1. The van der Waals surface area contributed by atoms with Crippen molar-refractivity contribution < 1.29 is 13.2 Å². The second-order valence-corrected chi connectivity index (χ2v) is 7.61. The van der Waals surface area contributed by atoms with Crippen LogP contribution in [0.1, 0.15) is 25.0 Å². The van der Waals surface area contributed by atoms with Crippen LogP contribution in [0.2, 0.25) is 5.15 Å². The number of aryl methyl sites for hydroxylation is 1. The maximum atomic E-state index is 12.6. The molecule has 0 unspecified atom stereocenters. The quantitative estimate of drug-likeness (QED) is 0.779. The number of nitrogens with one attached hydrogen (secondary N) is 1. The summed E-state index contributed by atoms with van der Waals surface area (Å²) in [6, 6.07) is 8.45. The van der Waals surface area contributed by atoms with Gasteiger partial charge in [-0.1, -0.05) is 29.8 Å². The van der Waals surface area contributed by atoms with Crippen molar-refractivity contribution in [2.75, 3.05) is 11.3 Å². The Morgan fingerprint density at radius 2 is 2.00 bits per heavy atom. The monoisotopic (exact) mass is 381 g/mol. The van der Waals surface area contributed by atoms with Crippen LogP contribution in [0.15, 0.2) is 41.4 Å². The van der Waals surface area contributed by atoms with Crippen molar-refractivity contribution in [2.45, 2.75) is 32.2 Å². The van der Waals surface area contributed by atoms with Crippen molar-refractivity contribution in [3.05, 3.63) is 52.8 Å². The summed E-state index contributed by atoms with van der Waals surface area (Å²) in [5.74, 6) is -0.0716. The van der Waals surface area contributed by atoms with E-state index < -0.39 is 10.0 Å². The van der Waals surface area contributed by atoms with Gasteiger partial charge in [0, 0.05) is 26.2 Å². The largest absolute Gasteiger partial charge is 0.339 e. The van der Waals surface area contributed by atoms with Gasteiger partial charge in [0.25, 0.3) is 10.0 Å². The molecule has 0 spiro atoms. The number of amides is 1. The fourth-order valence-corrected chi connectivity index (χ4v) is 3.53. The van der Waals surface area contributed by atoms with Crippen molar-refractivity contribution in [1.82, 2.24) is 9.88 Å². The van der Waals surface area contributed by atoms with E-state index in [9.17, 15) is 13.2 Å². The summed E-state index contributed by atoms with van der Waals surface area (Å²) in [7, 11) is -3.81. The molecule has 2 rings (SSSR count). The van der Waals surface area contributed by atoms with Crippen molar-refractivity contribution in [3.8, 4) is 0 Å². The number of halogens is 1. The van der Waals surface area contributed by atoms with Gasteiger partial charge in [-0.3, -0.25) is 9.52 Å². The van der Waals surface area contributed by atoms with Crippen molar-refractivity contribution in [3.63, 3.8) is 0 Å².